The second-order valence-corrected chi connectivity index (χ2v) is 7.18. The van der Waals surface area contributed by atoms with Crippen molar-refractivity contribution in [2.24, 2.45) is 5.73 Å². The van der Waals surface area contributed by atoms with Gasteiger partial charge in [0.15, 0.2) is 9.84 Å². The number of carbonyl (C=O) groups excluding carboxylic acids is 1. The van der Waals surface area contributed by atoms with E-state index >= 15 is 0 Å². The molecule has 0 aliphatic heterocycles. The minimum atomic E-state index is -3.12. The van der Waals surface area contributed by atoms with E-state index in [1.807, 2.05) is 6.92 Å². The fraction of sp³-hybridized carbons (Fsp3) is 0.500. The van der Waals surface area contributed by atoms with E-state index in [0.29, 0.717) is 18.1 Å². The number of benzene rings is 1. The third-order valence-corrected chi connectivity index (χ3v) is 3.53. The van der Waals surface area contributed by atoms with Crippen molar-refractivity contribution < 1.29 is 27.4 Å². The number of methoxy groups -OCH3 is 1. The Morgan fingerprint density at radius 2 is 1.91 bits per heavy atom. The quantitative estimate of drug-likeness (QED) is 0.711. The van der Waals surface area contributed by atoms with Gasteiger partial charge in [0, 0.05) is 25.0 Å². The Morgan fingerprint density at radius 3 is 2.45 bits per heavy atom. The molecule has 0 aliphatic rings. The van der Waals surface area contributed by atoms with Crippen molar-refractivity contribution in [2.45, 2.75) is 13.0 Å². The van der Waals surface area contributed by atoms with Gasteiger partial charge in [-0.05, 0) is 19.1 Å². The summed E-state index contributed by atoms with van der Waals surface area (Å²) in [6.45, 7) is 2.17. The number of rotatable bonds is 9. The summed E-state index contributed by atoms with van der Waals surface area (Å²) in [7, 11) is -1.57. The lowest BCUT2D eigenvalue weighted by Crippen LogP contribution is -2.19. The molecule has 0 fully saturated rings. The molecule has 0 unspecified atom stereocenters. The van der Waals surface area contributed by atoms with Crippen LogP contribution in [-0.2, 0) is 14.6 Å². The van der Waals surface area contributed by atoms with Crippen LogP contribution in [0.5, 0.6) is 11.5 Å². The van der Waals surface area contributed by atoms with Crippen LogP contribution in [0, 0.1) is 0 Å². The highest BCUT2D eigenvalue weighted by atomic mass is 32.2. The zero-order valence-electron chi connectivity index (χ0n) is 12.9. The van der Waals surface area contributed by atoms with Crippen molar-refractivity contribution >= 4 is 15.7 Å². The van der Waals surface area contributed by atoms with E-state index in [1.54, 1.807) is 13.2 Å². The number of sulfone groups is 1. The molecule has 0 spiro atoms. The average Bonchev–Trinajstić information content (AvgIpc) is 2.37. The van der Waals surface area contributed by atoms with Crippen LogP contribution in [-0.4, -0.2) is 52.8 Å². The van der Waals surface area contributed by atoms with E-state index in [0.717, 1.165) is 6.26 Å². The SMILES string of the molecule is COC[C@H](C)Oc1cc(OCCS(C)(=O)=O)cc(C(N)=O)c1. The van der Waals surface area contributed by atoms with E-state index < -0.39 is 15.7 Å². The third kappa shape index (κ3) is 6.77. The highest BCUT2D eigenvalue weighted by molar-refractivity contribution is 7.90. The predicted octanol–water partition coefficient (Wildman–Crippen LogP) is 0.623. The molecule has 0 aromatic heterocycles. The number of ether oxygens (including phenoxy) is 3. The molecule has 2 N–H and O–H groups in total. The summed E-state index contributed by atoms with van der Waals surface area (Å²) in [4.78, 5) is 11.3. The number of carbonyl (C=O) groups is 1. The highest BCUT2D eigenvalue weighted by Gasteiger charge is 2.11. The molecule has 0 bridgehead atoms. The fourth-order valence-electron chi connectivity index (χ4n) is 1.68. The summed E-state index contributed by atoms with van der Waals surface area (Å²) in [5.41, 5.74) is 5.49. The molecule has 0 radical (unpaired) electrons. The molecular weight excluding hydrogens is 310 g/mol. The number of nitrogens with two attached hydrogens (primary N) is 1. The standard InChI is InChI=1S/C14H21NO6S/c1-10(9-19-2)21-13-7-11(14(15)16)6-12(8-13)20-4-5-22(3,17)18/h6-8,10H,4-5,9H2,1-3H3,(H2,15,16)/t10-/m0/s1. The minimum absolute atomic E-state index is 0.0197. The molecule has 1 rings (SSSR count). The summed E-state index contributed by atoms with van der Waals surface area (Å²) in [5.74, 6) is -0.0306. The Morgan fingerprint density at radius 1 is 1.27 bits per heavy atom. The largest absolute Gasteiger partial charge is 0.492 e. The molecule has 0 saturated carbocycles. The number of hydrogen-bond acceptors (Lipinski definition) is 6. The predicted molar refractivity (Wildman–Crippen MR) is 82.1 cm³/mol. The number of hydrogen-bond donors (Lipinski definition) is 1. The Hall–Kier alpha value is -1.80. The summed E-state index contributed by atoms with van der Waals surface area (Å²) >= 11 is 0. The van der Waals surface area contributed by atoms with Gasteiger partial charge in [-0.15, -0.1) is 0 Å². The molecular formula is C14H21NO6S. The van der Waals surface area contributed by atoms with E-state index in [1.165, 1.54) is 12.1 Å². The Kier molecular flexibility index (Phi) is 6.63. The number of primary amides is 1. The lowest BCUT2D eigenvalue weighted by Gasteiger charge is -2.15. The van der Waals surface area contributed by atoms with Crippen LogP contribution in [0.25, 0.3) is 0 Å². The lowest BCUT2D eigenvalue weighted by atomic mass is 10.2. The van der Waals surface area contributed by atoms with Crippen LogP contribution in [0.2, 0.25) is 0 Å². The van der Waals surface area contributed by atoms with Gasteiger partial charge < -0.3 is 19.9 Å². The Balaban J connectivity index is 2.87. The average molecular weight is 331 g/mol. The summed E-state index contributed by atoms with van der Waals surface area (Å²) in [6.07, 6.45) is 0.897. The minimum Gasteiger partial charge on any atom is -0.492 e. The molecule has 1 atom stereocenters. The molecule has 1 amide bonds. The van der Waals surface area contributed by atoms with Crippen molar-refractivity contribution in [3.05, 3.63) is 23.8 Å². The van der Waals surface area contributed by atoms with Gasteiger partial charge in [-0.25, -0.2) is 8.42 Å². The van der Waals surface area contributed by atoms with Gasteiger partial charge in [-0.2, -0.15) is 0 Å². The van der Waals surface area contributed by atoms with Crippen LogP contribution in [0.15, 0.2) is 18.2 Å². The molecule has 0 saturated heterocycles. The number of amides is 1. The van der Waals surface area contributed by atoms with Crippen molar-refractivity contribution in [3.63, 3.8) is 0 Å². The second-order valence-electron chi connectivity index (χ2n) is 4.92. The van der Waals surface area contributed by atoms with Crippen LogP contribution in [0.1, 0.15) is 17.3 Å². The van der Waals surface area contributed by atoms with Gasteiger partial charge in [0.25, 0.3) is 0 Å². The van der Waals surface area contributed by atoms with Crippen LogP contribution >= 0.6 is 0 Å². The van der Waals surface area contributed by atoms with Gasteiger partial charge in [-0.1, -0.05) is 0 Å². The first-order valence-electron chi connectivity index (χ1n) is 6.62. The molecule has 0 heterocycles. The molecule has 22 heavy (non-hydrogen) atoms. The van der Waals surface area contributed by atoms with E-state index in [9.17, 15) is 13.2 Å². The van der Waals surface area contributed by atoms with Gasteiger partial charge >= 0.3 is 0 Å². The monoisotopic (exact) mass is 331 g/mol. The van der Waals surface area contributed by atoms with E-state index in [-0.39, 0.29) is 24.0 Å². The zero-order valence-corrected chi connectivity index (χ0v) is 13.7. The molecule has 8 heteroatoms. The first kappa shape index (κ1) is 18.2. The maximum Gasteiger partial charge on any atom is 0.248 e. The maximum absolute atomic E-state index is 11.3. The van der Waals surface area contributed by atoms with Crippen LogP contribution < -0.4 is 15.2 Å². The Bertz CT molecular complexity index is 614. The van der Waals surface area contributed by atoms with Crippen molar-refractivity contribution in [1.29, 1.82) is 0 Å². The van der Waals surface area contributed by atoms with E-state index in [4.69, 9.17) is 19.9 Å². The highest BCUT2D eigenvalue weighted by Crippen LogP contribution is 2.24. The smallest absolute Gasteiger partial charge is 0.248 e. The molecule has 7 nitrogen and oxygen atoms in total. The molecule has 0 aliphatic carbocycles. The molecule has 124 valence electrons. The van der Waals surface area contributed by atoms with Gasteiger partial charge in [0.05, 0.1) is 12.4 Å². The van der Waals surface area contributed by atoms with E-state index in [2.05, 4.69) is 0 Å². The first-order chi connectivity index (χ1) is 10.2. The van der Waals surface area contributed by atoms with Gasteiger partial charge in [0.2, 0.25) is 5.91 Å². The van der Waals surface area contributed by atoms with Crippen molar-refractivity contribution in [1.82, 2.24) is 0 Å². The van der Waals surface area contributed by atoms with Crippen LogP contribution in [0.3, 0.4) is 0 Å². The third-order valence-electron chi connectivity index (χ3n) is 2.63. The topological polar surface area (TPSA) is 105 Å². The van der Waals surface area contributed by atoms with Crippen molar-refractivity contribution in [3.8, 4) is 11.5 Å². The van der Waals surface area contributed by atoms with Gasteiger partial charge in [-0.3, -0.25) is 4.79 Å². The van der Waals surface area contributed by atoms with Crippen LogP contribution in [0.4, 0.5) is 0 Å². The first-order valence-corrected chi connectivity index (χ1v) is 8.68. The molecule has 1 aromatic rings. The lowest BCUT2D eigenvalue weighted by molar-refractivity contribution is 0.0914. The summed E-state index contributed by atoms with van der Waals surface area (Å²) in [5, 5.41) is 0. The second kappa shape index (κ2) is 8.00. The van der Waals surface area contributed by atoms with Gasteiger partial charge in [0.1, 0.15) is 24.2 Å². The Labute approximate surface area is 130 Å². The summed E-state index contributed by atoms with van der Waals surface area (Å²) < 4.78 is 38.1. The zero-order chi connectivity index (χ0) is 16.8. The normalized spacial score (nSPS) is 12.7. The maximum atomic E-state index is 11.3. The van der Waals surface area contributed by atoms with Crippen molar-refractivity contribution in [2.75, 3.05) is 32.3 Å². The summed E-state index contributed by atoms with van der Waals surface area (Å²) in [6, 6.07) is 4.51. The molecule has 1 aromatic carbocycles. The fourth-order valence-corrected chi connectivity index (χ4v) is 2.06.